The molecule has 0 aromatic carbocycles. The summed E-state index contributed by atoms with van der Waals surface area (Å²) in [6, 6.07) is 0. The Labute approximate surface area is 103 Å². The van der Waals surface area contributed by atoms with Gasteiger partial charge in [-0.3, -0.25) is 0 Å². The fourth-order valence-corrected chi connectivity index (χ4v) is 5.79. The molecule has 86 valence electrons. The molecule has 0 aliphatic carbocycles. The predicted octanol–water partition coefficient (Wildman–Crippen LogP) is 1.06. The van der Waals surface area contributed by atoms with Gasteiger partial charge in [0, 0.05) is 0 Å². The molecular weight excluding hydrogens is 297 g/mol. The van der Waals surface area contributed by atoms with E-state index in [1.165, 1.54) is 6.42 Å². The molecule has 1 aliphatic rings. The molecule has 1 unspecified atom stereocenters. The van der Waals surface area contributed by atoms with Crippen LogP contribution in [-0.2, 0) is 9.53 Å². The van der Waals surface area contributed by atoms with E-state index in [-0.39, 0.29) is 6.10 Å². The first kappa shape index (κ1) is 13.5. The van der Waals surface area contributed by atoms with Crippen molar-refractivity contribution in [2.24, 2.45) is 5.41 Å². The van der Waals surface area contributed by atoms with Crippen LogP contribution in [0.2, 0.25) is 4.44 Å². The Balaban J connectivity index is 2.17. The molecule has 1 aliphatic heterocycles. The molecule has 0 bridgehead atoms. The van der Waals surface area contributed by atoms with Gasteiger partial charge in [0.05, 0.1) is 0 Å². The van der Waals surface area contributed by atoms with Gasteiger partial charge in [-0.15, -0.1) is 0 Å². The Morgan fingerprint density at radius 1 is 1.53 bits per heavy atom. The third kappa shape index (κ3) is 5.87. The monoisotopic (exact) mass is 319 g/mol. The summed E-state index contributed by atoms with van der Waals surface area (Å²) in [4.78, 5) is 11.8. The number of ether oxygens (including phenoxy) is 1. The fraction of sp³-hybridized carbons (Fsp3) is 0.909. The van der Waals surface area contributed by atoms with Crippen LogP contribution >= 0.6 is 0 Å². The second-order valence-corrected chi connectivity index (χ2v) is 9.01. The van der Waals surface area contributed by atoms with Crippen molar-refractivity contribution in [1.82, 2.24) is 5.32 Å². The number of rotatable bonds is 4. The molecule has 0 amide bonds. The summed E-state index contributed by atoms with van der Waals surface area (Å²) in [5.74, 6) is 0. The molecule has 1 saturated heterocycles. The van der Waals surface area contributed by atoms with Crippen LogP contribution in [0, 0.1) is 5.41 Å². The Morgan fingerprint density at radius 3 is 2.80 bits per heavy atom. The predicted molar refractivity (Wildman–Crippen MR) is 62.2 cm³/mol. The van der Waals surface area contributed by atoms with Crippen molar-refractivity contribution in [3.05, 3.63) is 0 Å². The topological polar surface area (TPSA) is 38.3 Å². The van der Waals surface area contributed by atoms with Crippen LogP contribution in [0.1, 0.15) is 27.2 Å². The molecule has 0 aromatic rings. The van der Waals surface area contributed by atoms with Gasteiger partial charge in [0.15, 0.2) is 0 Å². The van der Waals surface area contributed by atoms with Gasteiger partial charge in [-0.25, -0.2) is 0 Å². The summed E-state index contributed by atoms with van der Waals surface area (Å²) in [5.41, 5.74) is 0.368. The number of nitrogens with one attached hydrogen (secondary N) is 1. The number of hydrogen-bond acceptors (Lipinski definition) is 3. The average Bonchev–Trinajstić information content (AvgIpc) is 2.17. The quantitative estimate of drug-likeness (QED) is 0.788. The van der Waals surface area contributed by atoms with E-state index in [4.69, 9.17) is 4.74 Å². The van der Waals surface area contributed by atoms with Gasteiger partial charge < -0.3 is 0 Å². The number of hydrogen-bond donors (Lipinski definition) is 1. The maximum atomic E-state index is 11.8. The van der Waals surface area contributed by atoms with Crippen LogP contribution in [0.5, 0.6) is 0 Å². The fourth-order valence-electron chi connectivity index (χ4n) is 1.41. The minimum absolute atomic E-state index is 0.120. The van der Waals surface area contributed by atoms with Crippen LogP contribution < -0.4 is 5.32 Å². The molecule has 1 atom stereocenters. The van der Waals surface area contributed by atoms with E-state index in [2.05, 4.69) is 26.1 Å². The van der Waals surface area contributed by atoms with Crippen molar-refractivity contribution in [3.63, 3.8) is 0 Å². The first-order chi connectivity index (χ1) is 6.99. The van der Waals surface area contributed by atoms with Gasteiger partial charge in [0.2, 0.25) is 0 Å². The second-order valence-electron chi connectivity index (χ2n) is 5.17. The zero-order valence-electron chi connectivity index (χ0n) is 9.93. The van der Waals surface area contributed by atoms with Crippen LogP contribution in [0.15, 0.2) is 0 Å². The number of carbonyl (C=O) groups is 1. The summed E-state index contributed by atoms with van der Waals surface area (Å²) in [6.07, 6.45) is 1.05. The zero-order chi connectivity index (χ0) is 11.3. The SMILES string of the molecule is CC(C)(C)C[CH2][Sn][C](=O)C1CNCCO1. The molecule has 1 heterocycles. The molecule has 2 radical (unpaired) electrons. The van der Waals surface area contributed by atoms with E-state index in [0.717, 1.165) is 17.5 Å². The van der Waals surface area contributed by atoms with Gasteiger partial charge in [0.25, 0.3) is 0 Å². The maximum absolute atomic E-state index is 11.8. The Bertz CT molecular complexity index is 207. The average molecular weight is 318 g/mol. The number of morpholine rings is 1. The van der Waals surface area contributed by atoms with Crippen LogP contribution in [0.25, 0.3) is 0 Å². The Hall–Kier alpha value is 0.389. The molecule has 1 N–H and O–H groups in total. The van der Waals surface area contributed by atoms with Gasteiger partial charge >= 0.3 is 103 Å². The molecule has 1 rings (SSSR count). The Kier molecular flexibility index (Phi) is 5.57. The van der Waals surface area contributed by atoms with E-state index in [0.29, 0.717) is 15.8 Å². The summed E-state index contributed by atoms with van der Waals surface area (Å²) in [5, 5.41) is 3.20. The van der Waals surface area contributed by atoms with Crippen molar-refractivity contribution in [3.8, 4) is 0 Å². The van der Waals surface area contributed by atoms with Gasteiger partial charge in [-0.05, 0) is 0 Å². The summed E-state index contributed by atoms with van der Waals surface area (Å²) in [7, 11) is 0. The van der Waals surface area contributed by atoms with Crippen molar-refractivity contribution in [2.75, 3.05) is 19.7 Å². The van der Waals surface area contributed by atoms with Crippen LogP contribution in [-0.4, -0.2) is 50.7 Å². The van der Waals surface area contributed by atoms with Crippen molar-refractivity contribution in [2.45, 2.75) is 37.7 Å². The van der Waals surface area contributed by atoms with E-state index in [9.17, 15) is 4.79 Å². The van der Waals surface area contributed by atoms with E-state index in [1.807, 2.05) is 0 Å². The Morgan fingerprint density at radius 2 is 2.27 bits per heavy atom. The van der Waals surface area contributed by atoms with Crippen LogP contribution in [0.3, 0.4) is 0 Å². The van der Waals surface area contributed by atoms with Crippen LogP contribution in [0.4, 0.5) is 0 Å². The standard InChI is InChI=1S/C6H13.C5H8NO2.Sn/c1-5-6(2,3)4;7-4-5-3-6-1-2-8-5;/h1,5H2,2-4H3;5-6H,1-3H2;. The van der Waals surface area contributed by atoms with Crippen molar-refractivity contribution < 1.29 is 9.53 Å². The molecule has 1 fully saturated rings. The van der Waals surface area contributed by atoms with E-state index in [1.54, 1.807) is 0 Å². The molecule has 4 heteroatoms. The van der Waals surface area contributed by atoms with E-state index >= 15 is 0 Å². The third-order valence-electron chi connectivity index (χ3n) is 2.39. The zero-order valence-corrected chi connectivity index (χ0v) is 12.8. The first-order valence-electron chi connectivity index (χ1n) is 5.59. The summed E-state index contributed by atoms with van der Waals surface area (Å²) < 4.78 is 7.02. The molecule has 0 spiro atoms. The molecule has 15 heavy (non-hydrogen) atoms. The summed E-state index contributed by atoms with van der Waals surface area (Å²) >= 11 is -0.873. The third-order valence-corrected chi connectivity index (χ3v) is 5.73. The summed E-state index contributed by atoms with van der Waals surface area (Å²) in [6.45, 7) is 9.00. The second kappa shape index (κ2) is 6.20. The van der Waals surface area contributed by atoms with Gasteiger partial charge in [-0.1, -0.05) is 0 Å². The first-order valence-corrected chi connectivity index (χ1v) is 9.03. The van der Waals surface area contributed by atoms with Crippen molar-refractivity contribution >= 4 is 24.9 Å². The number of carbonyl (C=O) groups excluding carboxylic acids is 1. The van der Waals surface area contributed by atoms with Gasteiger partial charge in [0.1, 0.15) is 0 Å². The normalized spacial score (nSPS) is 22.7. The molecule has 3 nitrogen and oxygen atoms in total. The molecular formula is C11H21NO2Sn. The van der Waals surface area contributed by atoms with E-state index < -0.39 is 21.1 Å². The minimum atomic E-state index is -0.873. The molecule has 0 aromatic heterocycles. The van der Waals surface area contributed by atoms with Gasteiger partial charge in [-0.2, -0.15) is 0 Å². The molecule has 0 saturated carbocycles. The van der Waals surface area contributed by atoms with Crippen molar-refractivity contribution in [1.29, 1.82) is 0 Å².